The molecule has 1 aliphatic heterocycles. The fourth-order valence-corrected chi connectivity index (χ4v) is 4.97. The zero-order valence-electron chi connectivity index (χ0n) is 19.7. The Labute approximate surface area is 218 Å². The summed E-state index contributed by atoms with van der Waals surface area (Å²) in [6.45, 7) is 0. The van der Waals surface area contributed by atoms with E-state index < -0.39 is 0 Å². The summed E-state index contributed by atoms with van der Waals surface area (Å²) in [4.78, 5) is 10.1. The molecule has 1 atom stereocenters. The van der Waals surface area contributed by atoms with Crippen molar-refractivity contribution in [2.45, 2.75) is 12.5 Å². The van der Waals surface area contributed by atoms with Gasteiger partial charge in [0.15, 0.2) is 0 Å². The lowest BCUT2D eigenvalue weighted by atomic mass is 9.98. The molecule has 6 rings (SSSR count). The lowest BCUT2D eigenvalue weighted by Gasteiger charge is -2.23. The molecule has 0 amide bonds. The number of ether oxygens (including phenoxy) is 1. The highest BCUT2D eigenvalue weighted by Gasteiger charge is 2.32. The van der Waals surface area contributed by atoms with Crippen LogP contribution >= 0.6 is 15.9 Å². The van der Waals surface area contributed by atoms with Crippen LogP contribution in [0, 0.1) is 0 Å². The topological polar surface area (TPSA) is 50.6 Å². The maximum absolute atomic E-state index is 5.46. The molecule has 36 heavy (non-hydrogen) atoms. The Morgan fingerprint density at radius 2 is 1.56 bits per heavy atom. The van der Waals surface area contributed by atoms with Crippen molar-refractivity contribution in [3.63, 3.8) is 0 Å². The molecule has 0 saturated carbocycles. The van der Waals surface area contributed by atoms with Gasteiger partial charge >= 0.3 is 0 Å². The van der Waals surface area contributed by atoms with E-state index in [1.54, 1.807) is 7.11 Å². The van der Waals surface area contributed by atoms with Gasteiger partial charge < -0.3 is 4.74 Å². The Balaban J connectivity index is 1.53. The molecule has 0 bridgehead atoms. The standard InChI is InChI=1S/C30H23BrN4O/c1-36-24-14-8-13-22(17-24)27-19-28(20-9-4-2-5-10-20)35(34-27)30-32-26-16-15-23(31)18-25(26)29(33-30)21-11-6-3-7-12-21/h2-18,28H,19H2,1H3. The predicted molar refractivity (Wildman–Crippen MR) is 148 cm³/mol. The van der Waals surface area contributed by atoms with Gasteiger partial charge in [-0.25, -0.2) is 15.0 Å². The highest BCUT2D eigenvalue weighted by molar-refractivity contribution is 9.10. The molecule has 0 radical (unpaired) electrons. The summed E-state index contributed by atoms with van der Waals surface area (Å²) < 4.78 is 6.45. The third-order valence-corrected chi connectivity index (χ3v) is 6.89. The number of anilines is 1. The van der Waals surface area contributed by atoms with Crippen molar-refractivity contribution >= 4 is 38.5 Å². The van der Waals surface area contributed by atoms with E-state index in [1.165, 1.54) is 5.56 Å². The van der Waals surface area contributed by atoms with Crippen molar-refractivity contribution in [2.75, 3.05) is 12.1 Å². The Morgan fingerprint density at radius 1 is 0.806 bits per heavy atom. The second-order valence-electron chi connectivity index (χ2n) is 8.65. The number of hydrazone groups is 1. The van der Waals surface area contributed by atoms with Crippen LogP contribution in [0.1, 0.15) is 23.6 Å². The molecular weight excluding hydrogens is 512 g/mol. The molecule has 1 aromatic heterocycles. The minimum atomic E-state index is -0.0241. The number of fused-ring (bicyclic) bond motifs is 1. The van der Waals surface area contributed by atoms with E-state index in [9.17, 15) is 0 Å². The van der Waals surface area contributed by atoms with Gasteiger partial charge in [-0.3, -0.25) is 0 Å². The van der Waals surface area contributed by atoms with E-state index in [0.29, 0.717) is 5.95 Å². The molecular formula is C30H23BrN4O. The van der Waals surface area contributed by atoms with Crippen LogP contribution in [0.3, 0.4) is 0 Å². The molecule has 1 aliphatic rings. The number of halogens is 1. The smallest absolute Gasteiger partial charge is 0.247 e. The van der Waals surface area contributed by atoms with Gasteiger partial charge in [-0.1, -0.05) is 88.7 Å². The average molecular weight is 535 g/mol. The number of nitrogens with zero attached hydrogens (tertiary/aromatic N) is 4. The Bertz CT molecular complexity index is 1570. The van der Waals surface area contributed by atoms with Crippen molar-refractivity contribution in [3.8, 4) is 17.0 Å². The molecule has 2 heterocycles. The van der Waals surface area contributed by atoms with Crippen LogP contribution < -0.4 is 9.75 Å². The second-order valence-corrected chi connectivity index (χ2v) is 9.57. The van der Waals surface area contributed by atoms with Gasteiger partial charge in [-0.2, -0.15) is 5.10 Å². The summed E-state index contributed by atoms with van der Waals surface area (Å²) in [5, 5.41) is 8.04. The Kier molecular flexibility index (Phi) is 5.95. The van der Waals surface area contributed by atoms with Gasteiger partial charge in [0, 0.05) is 27.4 Å². The molecule has 176 valence electrons. The number of hydrogen-bond acceptors (Lipinski definition) is 5. The van der Waals surface area contributed by atoms with Crippen molar-refractivity contribution in [1.82, 2.24) is 9.97 Å². The average Bonchev–Trinajstić information content (AvgIpc) is 3.39. The minimum Gasteiger partial charge on any atom is -0.497 e. The quantitative estimate of drug-likeness (QED) is 0.235. The second kappa shape index (κ2) is 9.55. The van der Waals surface area contributed by atoms with Crippen molar-refractivity contribution < 1.29 is 4.74 Å². The first kappa shape index (κ1) is 22.4. The first-order valence-electron chi connectivity index (χ1n) is 11.8. The van der Waals surface area contributed by atoms with Gasteiger partial charge in [0.25, 0.3) is 0 Å². The highest BCUT2D eigenvalue weighted by atomic mass is 79.9. The first-order chi connectivity index (χ1) is 17.7. The van der Waals surface area contributed by atoms with Crippen LogP contribution in [0.2, 0.25) is 0 Å². The van der Waals surface area contributed by atoms with Gasteiger partial charge in [0.05, 0.1) is 30.1 Å². The predicted octanol–water partition coefficient (Wildman–Crippen LogP) is 7.42. The number of benzene rings is 4. The summed E-state index contributed by atoms with van der Waals surface area (Å²) in [6.07, 6.45) is 0.736. The van der Waals surface area contributed by atoms with Crippen molar-refractivity contribution in [1.29, 1.82) is 0 Å². The molecule has 0 aliphatic carbocycles. The van der Waals surface area contributed by atoms with Crippen LogP contribution in [0.15, 0.2) is 113 Å². The third kappa shape index (κ3) is 4.25. The SMILES string of the molecule is COc1cccc(C2=NN(c3nc(-c4ccccc4)c4cc(Br)ccc4n3)C(c3ccccc3)C2)c1. The van der Waals surface area contributed by atoms with E-state index in [-0.39, 0.29) is 6.04 Å². The summed E-state index contributed by atoms with van der Waals surface area (Å²) in [5.41, 5.74) is 5.97. The van der Waals surface area contributed by atoms with Crippen molar-refractivity contribution in [3.05, 3.63) is 119 Å². The summed E-state index contributed by atoms with van der Waals surface area (Å²) in [6, 6.07) is 34.8. The van der Waals surface area contributed by atoms with Crippen LogP contribution in [-0.2, 0) is 0 Å². The molecule has 6 heteroatoms. The summed E-state index contributed by atoms with van der Waals surface area (Å²) in [7, 11) is 1.68. The van der Waals surface area contributed by atoms with Crippen LogP contribution in [0.25, 0.3) is 22.2 Å². The van der Waals surface area contributed by atoms with E-state index >= 15 is 0 Å². The van der Waals surface area contributed by atoms with Gasteiger partial charge in [-0.05, 0) is 35.9 Å². The Hall–Kier alpha value is -4.03. The van der Waals surface area contributed by atoms with Crippen LogP contribution in [0.5, 0.6) is 5.75 Å². The lowest BCUT2D eigenvalue weighted by Crippen LogP contribution is -2.21. The Morgan fingerprint density at radius 3 is 2.33 bits per heavy atom. The molecule has 5 nitrogen and oxygen atoms in total. The minimum absolute atomic E-state index is 0.0241. The normalized spacial score (nSPS) is 15.2. The van der Waals surface area contributed by atoms with E-state index in [4.69, 9.17) is 19.8 Å². The highest BCUT2D eigenvalue weighted by Crippen LogP contribution is 2.38. The third-order valence-electron chi connectivity index (χ3n) is 6.40. The molecule has 5 aromatic rings. The molecule has 0 N–H and O–H groups in total. The van der Waals surface area contributed by atoms with E-state index in [2.05, 4.69) is 64.5 Å². The molecule has 1 unspecified atom stereocenters. The van der Waals surface area contributed by atoms with E-state index in [1.807, 2.05) is 59.6 Å². The lowest BCUT2D eigenvalue weighted by molar-refractivity contribution is 0.414. The van der Waals surface area contributed by atoms with Gasteiger partial charge in [0.2, 0.25) is 5.95 Å². The molecule has 4 aromatic carbocycles. The fourth-order valence-electron chi connectivity index (χ4n) is 4.61. The van der Waals surface area contributed by atoms with Gasteiger partial charge in [0.1, 0.15) is 5.75 Å². The number of aromatic nitrogens is 2. The summed E-state index contributed by atoms with van der Waals surface area (Å²) in [5.74, 6) is 1.39. The molecule has 0 saturated heterocycles. The van der Waals surface area contributed by atoms with Crippen LogP contribution in [0.4, 0.5) is 5.95 Å². The van der Waals surface area contributed by atoms with Gasteiger partial charge in [-0.15, -0.1) is 0 Å². The largest absolute Gasteiger partial charge is 0.497 e. The maximum atomic E-state index is 5.46. The number of rotatable bonds is 5. The summed E-state index contributed by atoms with van der Waals surface area (Å²) >= 11 is 3.61. The first-order valence-corrected chi connectivity index (χ1v) is 12.6. The zero-order chi connectivity index (χ0) is 24.5. The monoisotopic (exact) mass is 534 g/mol. The fraction of sp³-hybridized carbons (Fsp3) is 0.100. The zero-order valence-corrected chi connectivity index (χ0v) is 21.3. The number of hydrogen-bond donors (Lipinski definition) is 0. The maximum Gasteiger partial charge on any atom is 0.247 e. The number of methoxy groups -OCH3 is 1. The molecule has 0 spiro atoms. The van der Waals surface area contributed by atoms with Crippen molar-refractivity contribution in [2.24, 2.45) is 5.10 Å². The molecule has 0 fully saturated rings. The van der Waals surface area contributed by atoms with E-state index in [0.717, 1.165) is 50.1 Å². The van der Waals surface area contributed by atoms with Crippen LogP contribution in [-0.4, -0.2) is 22.8 Å².